The Bertz CT molecular complexity index is 687. The van der Waals surface area contributed by atoms with Crippen LogP contribution in [0, 0.1) is 0 Å². The Labute approximate surface area is 143 Å². The molecule has 0 radical (unpaired) electrons. The summed E-state index contributed by atoms with van der Waals surface area (Å²) >= 11 is 0. The van der Waals surface area contributed by atoms with E-state index in [0.29, 0.717) is 11.3 Å². The van der Waals surface area contributed by atoms with E-state index in [0.717, 1.165) is 0 Å². The molecular weight excluding hydrogens is 335 g/mol. The molecular formula is C18H18F3NO3. The first-order valence-electron chi connectivity index (χ1n) is 7.54. The monoisotopic (exact) mass is 353 g/mol. The van der Waals surface area contributed by atoms with Crippen LogP contribution >= 0.6 is 0 Å². The second kappa shape index (κ2) is 8.02. The van der Waals surface area contributed by atoms with Gasteiger partial charge < -0.3 is 9.84 Å². The number of halogens is 3. The first-order chi connectivity index (χ1) is 11.8. The summed E-state index contributed by atoms with van der Waals surface area (Å²) in [7, 11) is 1.49. The Hall–Kier alpha value is -2.54. The van der Waals surface area contributed by atoms with Crippen molar-refractivity contribution in [2.24, 2.45) is 0 Å². The van der Waals surface area contributed by atoms with Gasteiger partial charge in [0.15, 0.2) is 0 Å². The van der Waals surface area contributed by atoms with Crippen molar-refractivity contribution in [2.75, 3.05) is 7.11 Å². The third-order valence-electron chi connectivity index (χ3n) is 3.73. The van der Waals surface area contributed by atoms with Gasteiger partial charge in [0.1, 0.15) is 17.8 Å². The van der Waals surface area contributed by atoms with Crippen molar-refractivity contribution in [1.29, 1.82) is 0 Å². The molecule has 0 bridgehead atoms. The quantitative estimate of drug-likeness (QED) is 0.799. The summed E-state index contributed by atoms with van der Waals surface area (Å²) in [5.41, 5.74) is 0.561. The normalized spacial score (nSPS) is 13.9. The minimum absolute atomic E-state index is 0.0315. The number of hydrogen-bond donors (Lipinski definition) is 2. The molecule has 4 nitrogen and oxygen atoms in total. The van der Waals surface area contributed by atoms with Crippen LogP contribution in [-0.4, -0.2) is 30.4 Å². The summed E-state index contributed by atoms with van der Waals surface area (Å²) in [6.07, 6.45) is -4.70. The standard InChI is InChI=1S/C18H18F3NO3/c1-25-14-9-7-12(8-10-14)11-15(17(23)24)22-16(18(19,20)21)13-5-3-2-4-6-13/h2-10,15-16,22H,11H2,1H3,(H,23,24)/t15-,16-/m0/s1. The highest BCUT2D eigenvalue weighted by molar-refractivity contribution is 5.74. The zero-order valence-electron chi connectivity index (χ0n) is 13.5. The number of methoxy groups -OCH3 is 1. The maximum absolute atomic E-state index is 13.4. The fourth-order valence-electron chi connectivity index (χ4n) is 2.44. The molecule has 0 saturated carbocycles. The highest BCUT2D eigenvalue weighted by Crippen LogP contribution is 2.33. The summed E-state index contributed by atoms with van der Waals surface area (Å²) in [6.45, 7) is 0. The summed E-state index contributed by atoms with van der Waals surface area (Å²) in [4.78, 5) is 11.5. The molecule has 0 fully saturated rings. The molecule has 2 atom stereocenters. The van der Waals surface area contributed by atoms with Crippen LogP contribution < -0.4 is 10.1 Å². The van der Waals surface area contributed by atoms with Gasteiger partial charge in [-0.25, -0.2) is 0 Å². The molecule has 7 heteroatoms. The van der Waals surface area contributed by atoms with E-state index in [4.69, 9.17) is 4.74 Å². The lowest BCUT2D eigenvalue weighted by atomic mass is 10.0. The van der Waals surface area contributed by atoms with Gasteiger partial charge in [0, 0.05) is 0 Å². The predicted molar refractivity (Wildman–Crippen MR) is 86.5 cm³/mol. The number of carbonyl (C=O) groups is 1. The van der Waals surface area contributed by atoms with Crippen LogP contribution in [0.4, 0.5) is 13.2 Å². The molecule has 0 unspecified atom stereocenters. The van der Waals surface area contributed by atoms with Crippen molar-refractivity contribution in [3.05, 3.63) is 65.7 Å². The second-order valence-electron chi connectivity index (χ2n) is 5.49. The molecule has 0 saturated heterocycles. The van der Waals surface area contributed by atoms with Gasteiger partial charge in [-0.15, -0.1) is 0 Å². The minimum atomic E-state index is -4.62. The van der Waals surface area contributed by atoms with Crippen molar-refractivity contribution in [2.45, 2.75) is 24.7 Å². The summed E-state index contributed by atoms with van der Waals surface area (Å²) in [5.74, 6) is -0.762. The molecule has 2 N–H and O–H groups in total. The third-order valence-corrected chi connectivity index (χ3v) is 3.73. The average Bonchev–Trinajstić information content (AvgIpc) is 2.58. The number of benzene rings is 2. The smallest absolute Gasteiger partial charge is 0.407 e. The van der Waals surface area contributed by atoms with E-state index in [2.05, 4.69) is 5.32 Å². The topological polar surface area (TPSA) is 58.6 Å². The van der Waals surface area contributed by atoms with Crippen LogP contribution in [0.2, 0.25) is 0 Å². The second-order valence-corrected chi connectivity index (χ2v) is 5.49. The van der Waals surface area contributed by atoms with Gasteiger partial charge in [0.05, 0.1) is 7.11 Å². The molecule has 0 aliphatic heterocycles. The van der Waals surface area contributed by atoms with Crippen molar-refractivity contribution < 1.29 is 27.8 Å². The number of carboxylic acid groups (broad SMARTS) is 1. The maximum Gasteiger partial charge on any atom is 0.407 e. The SMILES string of the molecule is COc1ccc(C[C@H](N[C@@H](c2ccccc2)C(F)(F)F)C(=O)O)cc1. The van der Waals surface area contributed by atoms with Crippen molar-refractivity contribution >= 4 is 5.97 Å². The van der Waals surface area contributed by atoms with Crippen LogP contribution in [0.15, 0.2) is 54.6 Å². The molecule has 0 aliphatic rings. The largest absolute Gasteiger partial charge is 0.497 e. The van der Waals surface area contributed by atoms with E-state index in [1.165, 1.54) is 31.4 Å². The minimum Gasteiger partial charge on any atom is -0.497 e. The highest BCUT2D eigenvalue weighted by atomic mass is 19.4. The third kappa shape index (κ3) is 5.22. The van der Waals surface area contributed by atoms with Gasteiger partial charge in [-0.1, -0.05) is 42.5 Å². The van der Waals surface area contributed by atoms with Gasteiger partial charge in [0.2, 0.25) is 0 Å². The summed E-state index contributed by atoms with van der Waals surface area (Å²) in [5, 5.41) is 11.6. The fraction of sp³-hybridized carbons (Fsp3) is 0.278. The number of carboxylic acids is 1. The van der Waals surface area contributed by atoms with Crippen molar-refractivity contribution in [1.82, 2.24) is 5.32 Å². The van der Waals surface area contributed by atoms with Gasteiger partial charge in [0.25, 0.3) is 0 Å². The number of ether oxygens (including phenoxy) is 1. The zero-order valence-corrected chi connectivity index (χ0v) is 13.5. The number of rotatable bonds is 7. The van der Waals surface area contributed by atoms with Crippen LogP contribution in [-0.2, 0) is 11.2 Å². The van der Waals surface area contributed by atoms with E-state index in [-0.39, 0.29) is 12.0 Å². The van der Waals surface area contributed by atoms with Crippen LogP contribution in [0.1, 0.15) is 17.2 Å². The van der Waals surface area contributed by atoms with Gasteiger partial charge >= 0.3 is 12.1 Å². The van der Waals surface area contributed by atoms with E-state index >= 15 is 0 Å². The summed E-state index contributed by atoms with van der Waals surface area (Å²) in [6, 6.07) is 10.3. The van der Waals surface area contributed by atoms with Crippen LogP contribution in [0.3, 0.4) is 0 Å². The number of nitrogens with one attached hydrogen (secondary N) is 1. The highest BCUT2D eigenvalue weighted by Gasteiger charge is 2.42. The Morgan fingerprint density at radius 2 is 1.72 bits per heavy atom. The number of hydrogen-bond acceptors (Lipinski definition) is 3. The maximum atomic E-state index is 13.4. The molecule has 25 heavy (non-hydrogen) atoms. The Morgan fingerprint density at radius 1 is 1.12 bits per heavy atom. The molecule has 0 aliphatic carbocycles. The van der Waals surface area contributed by atoms with E-state index in [9.17, 15) is 23.1 Å². The Balaban J connectivity index is 2.21. The molecule has 0 aromatic heterocycles. The van der Waals surface area contributed by atoms with Crippen molar-refractivity contribution in [3.63, 3.8) is 0 Å². The first-order valence-corrected chi connectivity index (χ1v) is 7.54. The summed E-state index contributed by atoms with van der Waals surface area (Å²) < 4.78 is 45.2. The van der Waals surface area contributed by atoms with Gasteiger partial charge in [-0.2, -0.15) is 13.2 Å². The first kappa shape index (κ1) is 18.8. The molecule has 0 amide bonds. The molecule has 134 valence electrons. The van der Waals surface area contributed by atoms with E-state index in [1.807, 2.05) is 0 Å². The molecule has 0 spiro atoms. The Kier molecular flexibility index (Phi) is 6.03. The lowest BCUT2D eigenvalue weighted by molar-refractivity contribution is -0.163. The molecule has 2 aromatic carbocycles. The van der Waals surface area contributed by atoms with Crippen LogP contribution in [0.5, 0.6) is 5.75 Å². The molecule has 0 heterocycles. The number of aliphatic carboxylic acids is 1. The lowest BCUT2D eigenvalue weighted by Gasteiger charge is -2.26. The fourth-order valence-corrected chi connectivity index (χ4v) is 2.44. The zero-order chi connectivity index (χ0) is 18.4. The number of alkyl halides is 3. The Morgan fingerprint density at radius 3 is 2.20 bits per heavy atom. The van der Waals surface area contributed by atoms with Crippen molar-refractivity contribution in [3.8, 4) is 5.75 Å². The molecule has 2 rings (SSSR count). The van der Waals surface area contributed by atoms with Gasteiger partial charge in [-0.05, 0) is 29.7 Å². The molecule has 2 aromatic rings. The average molecular weight is 353 g/mol. The predicted octanol–water partition coefficient (Wildman–Crippen LogP) is 3.58. The van der Waals surface area contributed by atoms with Gasteiger partial charge in [-0.3, -0.25) is 10.1 Å². The lowest BCUT2D eigenvalue weighted by Crippen LogP contribution is -2.45. The van der Waals surface area contributed by atoms with E-state index in [1.54, 1.807) is 30.3 Å². The van der Waals surface area contributed by atoms with E-state index < -0.39 is 24.2 Å². The van der Waals surface area contributed by atoms with Crippen LogP contribution in [0.25, 0.3) is 0 Å².